The number of carboxylic acid groups (broad SMARTS) is 3. The first kappa shape index (κ1) is 33.8. The third kappa shape index (κ3) is 19.1. The molecule has 0 unspecified atom stereocenters. The maximum Gasteiger partial charge on any atom is 0.324 e. The highest BCUT2D eigenvalue weighted by molar-refractivity contribution is 5.77. The van der Waals surface area contributed by atoms with Crippen LogP contribution in [0.4, 0.5) is 0 Å². The van der Waals surface area contributed by atoms with Crippen molar-refractivity contribution in [2.75, 3.05) is 26.2 Å². The van der Waals surface area contributed by atoms with Crippen molar-refractivity contribution in [1.29, 1.82) is 0 Å². The highest BCUT2D eigenvalue weighted by atomic mass is 16.5. The van der Waals surface area contributed by atoms with Crippen LogP contribution in [0.2, 0.25) is 0 Å². The number of carboxylic acids is 3. The van der Waals surface area contributed by atoms with Crippen LogP contribution in [0.1, 0.15) is 51.4 Å². The molecule has 0 radical (unpaired) electrons. The van der Waals surface area contributed by atoms with Gasteiger partial charge in [-0.05, 0) is 58.2 Å². The SMILES string of the molecule is NCCCC[C@H](N)C(=O)O.NCCCC[C@H](N)C(=O)OC[C@H](N)C(=O)O.O=C(O)[C@@H]1CCCN1. The van der Waals surface area contributed by atoms with Crippen molar-refractivity contribution in [3.05, 3.63) is 0 Å². The van der Waals surface area contributed by atoms with Gasteiger partial charge in [-0.25, -0.2) is 0 Å². The van der Waals surface area contributed by atoms with Crippen molar-refractivity contribution in [2.24, 2.45) is 28.7 Å². The number of rotatable bonds is 14. The van der Waals surface area contributed by atoms with Crippen LogP contribution in [0.5, 0.6) is 0 Å². The molecule has 0 aromatic carbocycles. The molecule has 1 aliphatic rings. The van der Waals surface area contributed by atoms with E-state index in [1.165, 1.54) is 0 Å². The van der Waals surface area contributed by atoms with Gasteiger partial charge < -0.3 is 54.0 Å². The van der Waals surface area contributed by atoms with E-state index in [1.54, 1.807) is 0 Å². The minimum Gasteiger partial charge on any atom is -0.480 e. The van der Waals surface area contributed by atoms with Gasteiger partial charge in [0.2, 0.25) is 0 Å². The molecule has 0 bridgehead atoms. The molecule has 1 rings (SSSR count). The normalized spacial score (nSPS) is 17.1. The van der Waals surface area contributed by atoms with Gasteiger partial charge in [0.1, 0.15) is 30.8 Å². The summed E-state index contributed by atoms with van der Waals surface area (Å²) in [5, 5.41) is 28.0. The van der Waals surface area contributed by atoms with Crippen LogP contribution in [0.25, 0.3) is 0 Å². The fraction of sp³-hybridized carbons (Fsp3) is 0.800. The van der Waals surface area contributed by atoms with Crippen LogP contribution in [0, 0.1) is 0 Å². The Labute approximate surface area is 199 Å². The zero-order chi connectivity index (χ0) is 26.5. The Kier molecular flexibility index (Phi) is 21.1. The Bertz CT molecular complexity index is 589. The third-order valence-electron chi connectivity index (χ3n) is 4.64. The zero-order valence-corrected chi connectivity index (χ0v) is 19.6. The maximum atomic E-state index is 11.2. The van der Waals surface area contributed by atoms with Crippen LogP contribution >= 0.6 is 0 Å². The van der Waals surface area contributed by atoms with Gasteiger partial charge >= 0.3 is 23.9 Å². The third-order valence-corrected chi connectivity index (χ3v) is 4.64. The molecule has 14 heteroatoms. The molecule has 4 atom stereocenters. The van der Waals surface area contributed by atoms with E-state index in [4.69, 9.17) is 44.0 Å². The molecule has 34 heavy (non-hydrogen) atoms. The number of nitrogens with two attached hydrogens (primary N) is 5. The molecule has 0 saturated carbocycles. The molecule has 0 spiro atoms. The zero-order valence-electron chi connectivity index (χ0n) is 19.6. The van der Waals surface area contributed by atoms with Crippen molar-refractivity contribution >= 4 is 23.9 Å². The summed E-state index contributed by atoms with van der Waals surface area (Å²) in [7, 11) is 0. The number of unbranched alkanes of at least 4 members (excludes halogenated alkanes) is 2. The lowest BCUT2D eigenvalue weighted by atomic mass is 10.1. The Morgan fingerprint density at radius 2 is 1.32 bits per heavy atom. The number of hydrogen-bond acceptors (Lipinski definition) is 11. The Morgan fingerprint density at radius 1 is 0.824 bits per heavy atom. The van der Waals surface area contributed by atoms with E-state index in [0.29, 0.717) is 25.9 Å². The second-order valence-electron chi connectivity index (χ2n) is 7.68. The molecule has 1 heterocycles. The summed E-state index contributed by atoms with van der Waals surface area (Å²) in [5.74, 6) is -3.50. The van der Waals surface area contributed by atoms with Crippen molar-refractivity contribution in [1.82, 2.24) is 5.32 Å². The van der Waals surface area contributed by atoms with Gasteiger partial charge in [-0.2, -0.15) is 0 Å². The summed E-state index contributed by atoms with van der Waals surface area (Å²) in [6.45, 7) is 1.65. The van der Waals surface area contributed by atoms with Crippen molar-refractivity contribution < 1.29 is 39.2 Å². The molecular formula is C20H42N6O8. The highest BCUT2D eigenvalue weighted by Gasteiger charge is 2.20. The first-order chi connectivity index (χ1) is 16.0. The quantitative estimate of drug-likeness (QED) is 0.0910. The average Bonchev–Trinajstić information content (AvgIpc) is 3.33. The monoisotopic (exact) mass is 494 g/mol. The lowest BCUT2D eigenvalue weighted by Crippen LogP contribution is -2.39. The van der Waals surface area contributed by atoms with E-state index in [0.717, 1.165) is 45.1 Å². The molecular weight excluding hydrogens is 452 g/mol. The number of ether oxygens (including phenoxy) is 1. The fourth-order valence-corrected chi connectivity index (χ4v) is 2.50. The van der Waals surface area contributed by atoms with E-state index >= 15 is 0 Å². The van der Waals surface area contributed by atoms with E-state index in [9.17, 15) is 19.2 Å². The van der Waals surface area contributed by atoms with E-state index < -0.39 is 42.0 Å². The lowest BCUT2D eigenvalue weighted by Gasteiger charge is -2.12. The van der Waals surface area contributed by atoms with E-state index in [2.05, 4.69) is 10.1 Å². The van der Waals surface area contributed by atoms with Gasteiger partial charge in [0, 0.05) is 0 Å². The lowest BCUT2D eigenvalue weighted by molar-refractivity contribution is -0.149. The smallest absolute Gasteiger partial charge is 0.324 e. The molecule has 0 aliphatic carbocycles. The summed E-state index contributed by atoms with van der Waals surface area (Å²) in [6.07, 6.45) is 5.94. The fourth-order valence-electron chi connectivity index (χ4n) is 2.50. The highest BCUT2D eigenvalue weighted by Crippen LogP contribution is 2.03. The van der Waals surface area contributed by atoms with E-state index in [1.807, 2.05) is 0 Å². The average molecular weight is 495 g/mol. The molecule has 200 valence electrons. The summed E-state index contributed by atoms with van der Waals surface area (Å²) in [5.41, 5.74) is 26.4. The standard InChI is InChI=1S/C9H19N3O4.C6H14N2O2.C5H9NO2/c10-4-2-1-3-6(11)9(15)16-5-7(12)8(13)14;7-4-2-1-3-5(8)6(9)10;7-5(8)4-2-1-3-6-4/h6-7H,1-5,10-12H2,(H,13,14);5H,1-4,7-8H2,(H,9,10);4,6H,1-3H2,(H,7,8)/t6-,7-;5-;4-/m000/s1. The minimum absolute atomic E-state index is 0.269. The Hall–Kier alpha value is -2.36. The summed E-state index contributed by atoms with van der Waals surface area (Å²) < 4.78 is 4.66. The Morgan fingerprint density at radius 3 is 1.68 bits per heavy atom. The molecule has 0 amide bonds. The van der Waals surface area contributed by atoms with Crippen molar-refractivity contribution in [2.45, 2.75) is 75.5 Å². The number of hydrogen-bond donors (Lipinski definition) is 9. The molecule has 1 fully saturated rings. The number of nitrogens with one attached hydrogen (secondary N) is 1. The van der Waals surface area contributed by atoms with Crippen LogP contribution in [0.3, 0.4) is 0 Å². The molecule has 14 N–H and O–H groups in total. The van der Waals surface area contributed by atoms with Crippen LogP contribution in [-0.4, -0.2) is 89.6 Å². The maximum absolute atomic E-state index is 11.2. The van der Waals surface area contributed by atoms with Gasteiger partial charge in [0.25, 0.3) is 0 Å². The van der Waals surface area contributed by atoms with Gasteiger partial charge in [0.05, 0.1) is 0 Å². The predicted octanol–water partition coefficient (Wildman–Crippen LogP) is -2.25. The number of esters is 1. The van der Waals surface area contributed by atoms with Crippen molar-refractivity contribution in [3.8, 4) is 0 Å². The summed E-state index contributed by atoms with van der Waals surface area (Å²) >= 11 is 0. The van der Waals surface area contributed by atoms with Crippen LogP contribution in [0.15, 0.2) is 0 Å². The van der Waals surface area contributed by atoms with E-state index in [-0.39, 0.29) is 12.6 Å². The predicted molar refractivity (Wildman–Crippen MR) is 125 cm³/mol. The number of carbonyl (C=O) groups excluding carboxylic acids is 1. The summed E-state index contributed by atoms with van der Waals surface area (Å²) in [6, 6.07) is -2.94. The number of aliphatic carboxylic acids is 3. The minimum atomic E-state index is -1.22. The first-order valence-electron chi connectivity index (χ1n) is 11.2. The second-order valence-corrected chi connectivity index (χ2v) is 7.68. The molecule has 0 aromatic rings. The molecule has 1 saturated heterocycles. The second kappa shape index (κ2) is 21.2. The van der Waals surface area contributed by atoms with Crippen LogP contribution in [-0.2, 0) is 23.9 Å². The first-order valence-corrected chi connectivity index (χ1v) is 11.2. The molecule has 14 nitrogen and oxygen atoms in total. The summed E-state index contributed by atoms with van der Waals surface area (Å²) in [4.78, 5) is 41.8. The Balaban J connectivity index is 0. The van der Waals surface area contributed by atoms with Gasteiger partial charge in [0.15, 0.2) is 0 Å². The van der Waals surface area contributed by atoms with Gasteiger partial charge in [-0.1, -0.05) is 12.8 Å². The number of carbonyl (C=O) groups is 4. The largest absolute Gasteiger partial charge is 0.480 e. The molecule has 0 aromatic heterocycles. The topological polar surface area (TPSA) is 280 Å². The van der Waals surface area contributed by atoms with Crippen molar-refractivity contribution in [3.63, 3.8) is 0 Å². The molecule has 1 aliphatic heterocycles. The van der Waals surface area contributed by atoms with Crippen LogP contribution < -0.4 is 34.0 Å². The van der Waals surface area contributed by atoms with Gasteiger partial charge in [-0.3, -0.25) is 19.2 Å². The van der Waals surface area contributed by atoms with Gasteiger partial charge in [-0.15, -0.1) is 0 Å².